The number of nitrogens with one attached hydrogen (secondary N) is 1. The fourth-order valence-electron chi connectivity index (χ4n) is 2.54. The highest BCUT2D eigenvalue weighted by atomic mass is 79.9. The summed E-state index contributed by atoms with van der Waals surface area (Å²) in [5.41, 5.74) is 3.03. The molecule has 0 heterocycles. The van der Waals surface area contributed by atoms with Gasteiger partial charge in [0.2, 0.25) is 0 Å². The molecule has 24 heavy (non-hydrogen) atoms. The van der Waals surface area contributed by atoms with E-state index in [1.807, 2.05) is 68.4 Å². The first-order valence-electron chi connectivity index (χ1n) is 7.72. The second-order valence-electron chi connectivity index (χ2n) is 5.68. The molecule has 3 nitrogen and oxygen atoms in total. The Labute approximate surface area is 149 Å². The third-order valence-corrected chi connectivity index (χ3v) is 4.88. The number of rotatable bonds is 4. The molecule has 0 unspecified atom stereocenters. The van der Waals surface area contributed by atoms with E-state index in [4.69, 9.17) is 4.74 Å². The molecule has 0 fully saturated rings. The van der Waals surface area contributed by atoms with E-state index in [-0.39, 0.29) is 12.5 Å². The first-order valence-corrected chi connectivity index (χ1v) is 8.51. The molecule has 3 rings (SSSR count). The van der Waals surface area contributed by atoms with Gasteiger partial charge >= 0.3 is 0 Å². The standard InChI is InChI=1S/C20H18BrNO2/c1-13-6-5-9-17(14(13)2)22-19(23)12-24-18-11-10-15-7-3-4-8-16(15)20(18)21/h3-11H,12H2,1-2H3,(H,22,23). The predicted molar refractivity (Wildman–Crippen MR) is 102 cm³/mol. The Morgan fingerprint density at radius 2 is 1.83 bits per heavy atom. The summed E-state index contributed by atoms with van der Waals surface area (Å²) in [4.78, 5) is 12.2. The number of ether oxygens (including phenoxy) is 1. The molecule has 4 heteroatoms. The normalized spacial score (nSPS) is 10.6. The van der Waals surface area contributed by atoms with Crippen LogP contribution >= 0.6 is 15.9 Å². The van der Waals surface area contributed by atoms with Gasteiger partial charge in [-0.1, -0.05) is 42.5 Å². The zero-order valence-corrected chi connectivity index (χ0v) is 15.2. The summed E-state index contributed by atoms with van der Waals surface area (Å²) in [6.45, 7) is 3.98. The van der Waals surface area contributed by atoms with Gasteiger partial charge in [-0.2, -0.15) is 0 Å². The number of hydrogen-bond acceptors (Lipinski definition) is 2. The van der Waals surface area contributed by atoms with Gasteiger partial charge in [-0.3, -0.25) is 4.79 Å². The molecule has 1 N–H and O–H groups in total. The lowest BCUT2D eigenvalue weighted by molar-refractivity contribution is -0.118. The van der Waals surface area contributed by atoms with Crippen molar-refractivity contribution in [2.24, 2.45) is 0 Å². The highest BCUT2D eigenvalue weighted by Crippen LogP contribution is 2.33. The van der Waals surface area contributed by atoms with Gasteiger partial charge in [-0.05, 0) is 63.8 Å². The number of carbonyl (C=O) groups excluding carboxylic acids is 1. The van der Waals surface area contributed by atoms with Crippen molar-refractivity contribution in [1.82, 2.24) is 0 Å². The van der Waals surface area contributed by atoms with E-state index in [1.54, 1.807) is 0 Å². The maximum absolute atomic E-state index is 12.2. The molecule has 0 spiro atoms. The third kappa shape index (κ3) is 3.44. The minimum atomic E-state index is -0.177. The SMILES string of the molecule is Cc1cccc(NC(=O)COc2ccc3ccccc3c2Br)c1C. The molecule has 1 amide bonds. The molecule has 122 valence electrons. The van der Waals surface area contributed by atoms with E-state index in [1.165, 1.54) is 0 Å². The van der Waals surface area contributed by atoms with Crippen molar-refractivity contribution in [3.8, 4) is 5.75 Å². The van der Waals surface area contributed by atoms with Crippen LogP contribution in [0.15, 0.2) is 59.1 Å². The quantitative estimate of drug-likeness (QED) is 0.668. The molecule has 0 aliphatic heterocycles. The van der Waals surface area contributed by atoms with Crippen LogP contribution < -0.4 is 10.1 Å². The van der Waals surface area contributed by atoms with Gasteiger partial charge in [0.1, 0.15) is 5.75 Å². The van der Waals surface area contributed by atoms with Gasteiger partial charge in [-0.15, -0.1) is 0 Å². The molecule has 0 aliphatic rings. The van der Waals surface area contributed by atoms with Gasteiger partial charge < -0.3 is 10.1 Å². The van der Waals surface area contributed by atoms with E-state index < -0.39 is 0 Å². The average molecular weight is 384 g/mol. The Morgan fingerprint density at radius 3 is 2.67 bits per heavy atom. The highest BCUT2D eigenvalue weighted by molar-refractivity contribution is 9.10. The number of benzene rings is 3. The van der Waals surface area contributed by atoms with Crippen LogP contribution in [-0.4, -0.2) is 12.5 Å². The first-order chi connectivity index (χ1) is 11.6. The Bertz CT molecular complexity index is 905. The van der Waals surface area contributed by atoms with E-state index >= 15 is 0 Å². The summed E-state index contributed by atoms with van der Waals surface area (Å²) in [6.07, 6.45) is 0. The summed E-state index contributed by atoms with van der Waals surface area (Å²) in [5, 5.41) is 5.08. The topological polar surface area (TPSA) is 38.3 Å². The number of aryl methyl sites for hydroxylation is 1. The van der Waals surface area contributed by atoms with Gasteiger partial charge in [0.25, 0.3) is 5.91 Å². The van der Waals surface area contributed by atoms with Gasteiger partial charge in [0.05, 0.1) is 4.47 Å². The highest BCUT2D eigenvalue weighted by Gasteiger charge is 2.10. The zero-order valence-electron chi connectivity index (χ0n) is 13.6. The van der Waals surface area contributed by atoms with Crippen molar-refractivity contribution in [3.05, 3.63) is 70.2 Å². The van der Waals surface area contributed by atoms with E-state index in [2.05, 4.69) is 21.2 Å². The lowest BCUT2D eigenvalue weighted by Gasteiger charge is -2.12. The third-order valence-electron chi connectivity index (χ3n) is 4.07. The van der Waals surface area contributed by atoms with Gasteiger partial charge in [0, 0.05) is 5.69 Å². The smallest absolute Gasteiger partial charge is 0.262 e. The second-order valence-corrected chi connectivity index (χ2v) is 6.48. The minimum absolute atomic E-state index is 0.0374. The van der Waals surface area contributed by atoms with Crippen molar-refractivity contribution in [2.75, 3.05) is 11.9 Å². The van der Waals surface area contributed by atoms with Gasteiger partial charge in [0.15, 0.2) is 6.61 Å². The Morgan fingerprint density at radius 1 is 1.04 bits per heavy atom. The van der Waals surface area contributed by atoms with Crippen molar-refractivity contribution >= 4 is 38.3 Å². The van der Waals surface area contributed by atoms with Crippen molar-refractivity contribution in [2.45, 2.75) is 13.8 Å². The van der Waals surface area contributed by atoms with Crippen molar-refractivity contribution < 1.29 is 9.53 Å². The molecule has 0 radical (unpaired) electrons. The van der Waals surface area contributed by atoms with Gasteiger partial charge in [-0.25, -0.2) is 0 Å². The lowest BCUT2D eigenvalue weighted by atomic mass is 10.1. The molecule has 3 aromatic carbocycles. The summed E-state index contributed by atoms with van der Waals surface area (Å²) < 4.78 is 6.55. The minimum Gasteiger partial charge on any atom is -0.483 e. The lowest BCUT2D eigenvalue weighted by Crippen LogP contribution is -2.20. The number of hydrogen-bond donors (Lipinski definition) is 1. The van der Waals surface area contributed by atoms with Crippen LogP contribution in [-0.2, 0) is 4.79 Å². The fourth-order valence-corrected chi connectivity index (χ4v) is 3.15. The monoisotopic (exact) mass is 383 g/mol. The average Bonchev–Trinajstić information content (AvgIpc) is 2.59. The van der Waals surface area contributed by atoms with Crippen molar-refractivity contribution in [3.63, 3.8) is 0 Å². The molecule has 3 aromatic rings. The van der Waals surface area contributed by atoms with Crippen LogP contribution in [0.2, 0.25) is 0 Å². The van der Waals surface area contributed by atoms with Crippen LogP contribution in [0.5, 0.6) is 5.75 Å². The largest absolute Gasteiger partial charge is 0.483 e. The fraction of sp³-hybridized carbons (Fsp3) is 0.150. The first kappa shape index (κ1) is 16.5. The van der Waals surface area contributed by atoms with Crippen LogP contribution in [0.25, 0.3) is 10.8 Å². The maximum atomic E-state index is 12.2. The van der Waals surface area contributed by atoms with E-state index in [0.717, 1.165) is 32.1 Å². The number of amides is 1. The van der Waals surface area contributed by atoms with E-state index in [0.29, 0.717) is 5.75 Å². The van der Waals surface area contributed by atoms with Crippen LogP contribution in [0.3, 0.4) is 0 Å². The Balaban J connectivity index is 1.70. The van der Waals surface area contributed by atoms with Crippen molar-refractivity contribution in [1.29, 1.82) is 0 Å². The molecular weight excluding hydrogens is 366 g/mol. The summed E-state index contributed by atoms with van der Waals surface area (Å²) >= 11 is 3.56. The molecule has 0 bridgehead atoms. The zero-order chi connectivity index (χ0) is 17.1. The molecule has 0 aliphatic carbocycles. The number of halogens is 1. The number of carbonyl (C=O) groups is 1. The maximum Gasteiger partial charge on any atom is 0.262 e. The van der Waals surface area contributed by atoms with E-state index in [9.17, 15) is 4.79 Å². The predicted octanol–water partition coefficient (Wildman–Crippen LogP) is 5.24. The molecule has 0 aromatic heterocycles. The molecule has 0 saturated carbocycles. The van der Waals surface area contributed by atoms with Crippen LogP contribution in [0.4, 0.5) is 5.69 Å². The number of fused-ring (bicyclic) bond motifs is 1. The Kier molecular flexibility index (Phi) is 4.86. The molecule has 0 atom stereocenters. The molecule has 0 saturated heterocycles. The number of anilines is 1. The summed E-state index contributed by atoms with van der Waals surface area (Å²) in [5.74, 6) is 0.480. The van der Waals surface area contributed by atoms with Crippen LogP contribution in [0.1, 0.15) is 11.1 Å². The Hall–Kier alpha value is -2.33. The second kappa shape index (κ2) is 7.05. The van der Waals surface area contributed by atoms with Crippen LogP contribution in [0, 0.1) is 13.8 Å². The summed E-state index contributed by atoms with van der Waals surface area (Å²) in [7, 11) is 0. The summed E-state index contributed by atoms with van der Waals surface area (Å²) in [6, 6.07) is 17.7. The molecular formula is C20H18BrNO2.